The van der Waals surface area contributed by atoms with Crippen LogP contribution in [0.2, 0.25) is 0 Å². The summed E-state index contributed by atoms with van der Waals surface area (Å²) in [6.45, 7) is 1.37. The molecule has 0 aromatic rings. The first kappa shape index (κ1) is 11.0. The fourth-order valence-electron chi connectivity index (χ4n) is 1.87. The topological polar surface area (TPSA) is 96.1 Å². The molecule has 1 saturated carbocycles. The predicted molar refractivity (Wildman–Crippen MR) is 55.2 cm³/mol. The third-order valence-corrected chi connectivity index (χ3v) is 3.25. The highest BCUT2D eigenvalue weighted by Gasteiger charge is 2.56. The largest absolute Gasteiger partial charge is 0.328 e. The predicted octanol–water partition coefficient (Wildman–Crippen LogP) is -0.147. The number of nitroso groups, excluding NO2 is 1. The van der Waals surface area contributed by atoms with Gasteiger partial charge in [-0.15, -0.1) is 4.91 Å². The van der Waals surface area contributed by atoms with Gasteiger partial charge < -0.3 is 10.6 Å². The third kappa shape index (κ3) is 1.24. The van der Waals surface area contributed by atoms with Crippen molar-refractivity contribution in [3.63, 3.8) is 0 Å². The number of nitrogens with two attached hydrogens (primary N) is 1. The Hall–Kier alpha value is -1.50. The maximum Gasteiger partial charge on any atom is 0.328 e. The summed E-state index contributed by atoms with van der Waals surface area (Å²) >= 11 is 0. The quantitative estimate of drug-likeness (QED) is 0.662. The average molecular weight is 226 g/mol. The molecule has 2 aliphatic rings. The summed E-state index contributed by atoms with van der Waals surface area (Å²) in [7, 11) is 1.47. The Balaban J connectivity index is 2.39. The first-order chi connectivity index (χ1) is 7.43. The highest BCUT2D eigenvalue weighted by molar-refractivity contribution is 6.03. The SMILES string of the molecule is CN1C(=O)N(C2CC2)C(=O)C(C)(N=O)C1N. The maximum absolute atomic E-state index is 12.0. The minimum atomic E-state index is -1.58. The van der Waals surface area contributed by atoms with Crippen molar-refractivity contribution in [1.82, 2.24) is 9.80 Å². The molecular formula is C9H14N4O3. The number of rotatable bonds is 2. The Morgan fingerprint density at radius 1 is 1.44 bits per heavy atom. The summed E-state index contributed by atoms with van der Waals surface area (Å²) in [6.07, 6.45) is 0.574. The summed E-state index contributed by atoms with van der Waals surface area (Å²) in [5.41, 5.74) is 4.12. The van der Waals surface area contributed by atoms with Crippen LogP contribution in [-0.2, 0) is 4.79 Å². The molecule has 1 aliphatic carbocycles. The Kier molecular flexibility index (Phi) is 2.23. The lowest BCUT2D eigenvalue weighted by atomic mass is 9.94. The molecule has 2 N–H and O–H groups in total. The Bertz CT molecular complexity index is 368. The normalized spacial score (nSPS) is 35.6. The van der Waals surface area contributed by atoms with Crippen LogP contribution in [0.4, 0.5) is 4.79 Å². The van der Waals surface area contributed by atoms with Gasteiger partial charge in [0.1, 0.15) is 6.17 Å². The molecule has 1 heterocycles. The number of imide groups is 1. The number of likely N-dealkylation sites (N-methyl/N-ethyl adjacent to an activating group) is 1. The Labute approximate surface area is 92.5 Å². The van der Waals surface area contributed by atoms with E-state index in [1.807, 2.05) is 0 Å². The van der Waals surface area contributed by atoms with Crippen LogP contribution in [0.15, 0.2) is 5.18 Å². The lowest BCUT2D eigenvalue weighted by Crippen LogP contribution is -2.71. The second kappa shape index (κ2) is 3.24. The molecule has 2 atom stereocenters. The van der Waals surface area contributed by atoms with Crippen molar-refractivity contribution in [3.05, 3.63) is 4.91 Å². The van der Waals surface area contributed by atoms with Crippen molar-refractivity contribution in [3.8, 4) is 0 Å². The number of amides is 3. The van der Waals surface area contributed by atoms with Crippen molar-refractivity contribution in [2.24, 2.45) is 10.9 Å². The second-order valence-corrected chi connectivity index (χ2v) is 4.48. The van der Waals surface area contributed by atoms with E-state index < -0.39 is 23.6 Å². The van der Waals surface area contributed by atoms with Gasteiger partial charge in [-0.25, -0.2) is 4.79 Å². The number of hydrogen-bond donors (Lipinski definition) is 1. The van der Waals surface area contributed by atoms with E-state index >= 15 is 0 Å². The van der Waals surface area contributed by atoms with Gasteiger partial charge in [0.05, 0.1) is 0 Å². The van der Waals surface area contributed by atoms with E-state index in [1.165, 1.54) is 18.9 Å². The minimum Gasteiger partial charge on any atom is -0.309 e. The highest BCUT2D eigenvalue weighted by atomic mass is 16.3. The van der Waals surface area contributed by atoms with Gasteiger partial charge in [-0.1, -0.05) is 0 Å². The van der Waals surface area contributed by atoms with Crippen molar-refractivity contribution in [2.45, 2.75) is 37.5 Å². The van der Waals surface area contributed by atoms with Crippen LogP contribution in [0.25, 0.3) is 0 Å². The van der Waals surface area contributed by atoms with Crippen LogP contribution < -0.4 is 5.73 Å². The van der Waals surface area contributed by atoms with E-state index in [2.05, 4.69) is 5.18 Å². The van der Waals surface area contributed by atoms with Crippen molar-refractivity contribution < 1.29 is 9.59 Å². The zero-order valence-corrected chi connectivity index (χ0v) is 9.21. The minimum absolute atomic E-state index is 0.0870. The van der Waals surface area contributed by atoms with Gasteiger partial charge in [-0.3, -0.25) is 9.69 Å². The third-order valence-electron chi connectivity index (χ3n) is 3.25. The zero-order valence-electron chi connectivity index (χ0n) is 9.21. The molecule has 0 spiro atoms. The Morgan fingerprint density at radius 3 is 2.44 bits per heavy atom. The van der Waals surface area contributed by atoms with Gasteiger partial charge in [-0.05, 0) is 24.9 Å². The van der Waals surface area contributed by atoms with Crippen LogP contribution in [0, 0.1) is 4.91 Å². The molecular weight excluding hydrogens is 212 g/mol. The molecule has 1 saturated heterocycles. The van der Waals surface area contributed by atoms with Crippen LogP contribution in [0.3, 0.4) is 0 Å². The number of carbonyl (C=O) groups is 2. The van der Waals surface area contributed by atoms with E-state index in [4.69, 9.17) is 5.73 Å². The number of carbonyl (C=O) groups excluding carboxylic acids is 2. The van der Waals surface area contributed by atoms with E-state index in [1.54, 1.807) is 0 Å². The smallest absolute Gasteiger partial charge is 0.309 e. The van der Waals surface area contributed by atoms with Gasteiger partial charge in [0, 0.05) is 13.1 Å². The lowest BCUT2D eigenvalue weighted by Gasteiger charge is -2.43. The molecule has 2 fully saturated rings. The fourth-order valence-corrected chi connectivity index (χ4v) is 1.87. The standard InChI is InChI=1S/C9H14N4O3/c1-9(11-16)6(10)12(2)8(15)13(7(9)14)5-3-4-5/h5-6H,3-4,10H2,1-2H3. The van der Waals surface area contributed by atoms with Crippen LogP contribution in [0.5, 0.6) is 0 Å². The molecule has 2 rings (SSSR count). The molecule has 0 radical (unpaired) electrons. The monoisotopic (exact) mass is 226 g/mol. The molecule has 88 valence electrons. The van der Waals surface area contributed by atoms with Crippen molar-refractivity contribution in [1.29, 1.82) is 0 Å². The van der Waals surface area contributed by atoms with E-state index in [9.17, 15) is 14.5 Å². The molecule has 0 aromatic heterocycles. The van der Waals surface area contributed by atoms with Gasteiger partial charge in [0.15, 0.2) is 0 Å². The second-order valence-electron chi connectivity index (χ2n) is 4.48. The average Bonchev–Trinajstić information content (AvgIpc) is 3.08. The molecule has 2 unspecified atom stereocenters. The summed E-state index contributed by atoms with van der Waals surface area (Å²) in [5.74, 6) is -0.583. The molecule has 1 aliphatic heterocycles. The van der Waals surface area contributed by atoms with Gasteiger partial charge in [0.25, 0.3) is 5.91 Å². The van der Waals surface area contributed by atoms with Gasteiger partial charge in [0.2, 0.25) is 5.54 Å². The molecule has 16 heavy (non-hydrogen) atoms. The zero-order chi connectivity index (χ0) is 12.1. The molecule has 7 nitrogen and oxygen atoms in total. The number of nitrogens with zero attached hydrogens (tertiary/aromatic N) is 3. The highest BCUT2D eigenvalue weighted by Crippen LogP contribution is 2.35. The van der Waals surface area contributed by atoms with E-state index in [0.717, 1.165) is 17.7 Å². The van der Waals surface area contributed by atoms with Crippen molar-refractivity contribution in [2.75, 3.05) is 7.05 Å². The fraction of sp³-hybridized carbons (Fsp3) is 0.778. The summed E-state index contributed by atoms with van der Waals surface area (Å²) in [4.78, 5) is 37.0. The summed E-state index contributed by atoms with van der Waals surface area (Å²) in [6, 6.07) is -0.530. The van der Waals surface area contributed by atoms with Crippen LogP contribution >= 0.6 is 0 Å². The van der Waals surface area contributed by atoms with Gasteiger partial charge >= 0.3 is 6.03 Å². The first-order valence-electron chi connectivity index (χ1n) is 5.14. The maximum atomic E-state index is 12.0. The Morgan fingerprint density at radius 2 is 2.00 bits per heavy atom. The molecule has 0 bridgehead atoms. The number of urea groups is 1. The molecule has 7 heteroatoms. The summed E-state index contributed by atoms with van der Waals surface area (Å²) < 4.78 is 0. The molecule has 0 aromatic carbocycles. The lowest BCUT2D eigenvalue weighted by molar-refractivity contribution is -0.139. The van der Waals surface area contributed by atoms with Crippen LogP contribution in [0.1, 0.15) is 19.8 Å². The number of hydrogen-bond acceptors (Lipinski definition) is 5. The van der Waals surface area contributed by atoms with Crippen LogP contribution in [-0.4, -0.2) is 46.5 Å². The van der Waals surface area contributed by atoms with E-state index in [-0.39, 0.29) is 6.04 Å². The summed E-state index contributed by atoms with van der Waals surface area (Å²) in [5, 5.41) is 2.83. The van der Waals surface area contributed by atoms with Crippen molar-refractivity contribution >= 4 is 11.9 Å². The molecule has 3 amide bonds. The van der Waals surface area contributed by atoms with Gasteiger partial charge in [-0.2, -0.15) is 0 Å². The van der Waals surface area contributed by atoms with E-state index in [0.29, 0.717) is 0 Å². The first-order valence-corrected chi connectivity index (χ1v) is 5.14.